The minimum atomic E-state index is -4.57. The number of carbonyl (C=O) groups is 2. The van der Waals surface area contributed by atoms with Crippen LogP contribution in [0.15, 0.2) is 46.0 Å². The molecule has 0 aliphatic heterocycles. The van der Waals surface area contributed by atoms with Crippen molar-refractivity contribution in [2.45, 2.75) is 12.6 Å². The number of nitrogens with zero attached hydrogens (tertiary/aromatic N) is 2. The zero-order chi connectivity index (χ0) is 18.3. The molecular formula is C14H13F3N2O5. The molecule has 0 amide bonds. The van der Waals surface area contributed by atoms with E-state index in [4.69, 9.17) is 0 Å². The van der Waals surface area contributed by atoms with Crippen LogP contribution in [0.1, 0.15) is 12.0 Å². The number of carbonyl (C=O) groups excluding carboxylic acids is 2. The quantitative estimate of drug-likeness (QED) is 0.382. The number of aliphatic hydroxyl groups excluding tert-OH is 1. The van der Waals surface area contributed by atoms with Gasteiger partial charge in [0.25, 0.3) is 0 Å². The lowest BCUT2D eigenvalue weighted by molar-refractivity contribution is -0.140. The first kappa shape index (κ1) is 19.1. The van der Waals surface area contributed by atoms with E-state index in [0.29, 0.717) is 6.07 Å². The number of aliphatic hydroxyl groups is 1. The summed E-state index contributed by atoms with van der Waals surface area (Å²) in [6.07, 6.45) is -5.25. The van der Waals surface area contributed by atoms with E-state index in [2.05, 4.69) is 19.7 Å². The smallest absolute Gasteiger partial charge is 0.416 e. The zero-order valence-corrected chi connectivity index (χ0v) is 12.6. The van der Waals surface area contributed by atoms with Crippen molar-refractivity contribution >= 4 is 17.6 Å². The minimum absolute atomic E-state index is 0.211. The van der Waals surface area contributed by atoms with Gasteiger partial charge in [0.05, 0.1) is 25.5 Å². The van der Waals surface area contributed by atoms with E-state index in [9.17, 15) is 27.9 Å². The number of ether oxygens (including phenoxy) is 2. The van der Waals surface area contributed by atoms with Gasteiger partial charge in [0.2, 0.25) is 5.70 Å². The van der Waals surface area contributed by atoms with Crippen molar-refractivity contribution in [3.63, 3.8) is 0 Å². The highest BCUT2D eigenvalue weighted by molar-refractivity contribution is 5.89. The third kappa shape index (κ3) is 5.38. The molecule has 0 heterocycles. The van der Waals surface area contributed by atoms with Gasteiger partial charge in [-0.3, -0.25) is 4.79 Å². The number of esters is 2. The molecule has 24 heavy (non-hydrogen) atoms. The number of hydrogen-bond acceptors (Lipinski definition) is 7. The fourth-order valence-corrected chi connectivity index (χ4v) is 1.46. The highest BCUT2D eigenvalue weighted by atomic mass is 19.4. The Balaban J connectivity index is 3.15. The predicted octanol–water partition coefficient (Wildman–Crippen LogP) is 3.29. The van der Waals surface area contributed by atoms with Gasteiger partial charge in [-0.05, 0) is 18.2 Å². The Bertz CT molecular complexity index is 683. The van der Waals surface area contributed by atoms with Gasteiger partial charge in [-0.15, -0.1) is 5.11 Å². The standard InChI is InChI=1S/C14H13F3N2O5/c1-23-11(21)7-10(20)12(13(22)24-2)19-18-9-5-3-4-8(6-9)14(15,16)17/h3-6,20H,7H2,1-2H3/b12-10+,19-18?. The maximum Gasteiger partial charge on any atom is 0.416 e. The average Bonchev–Trinajstić information content (AvgIpc) is 2.54. The molecule has 1 N–H and O–H groups in total. The molecule has 0 aliphatic carbocycles. The Kier molecular flexibility index (Phi) is 6.45. The number of hydrogen-bond donors (Lipinski definition) is 1. The van der Waals surface area contributed by atoms with Gasteiger partial charge in [0.15, 0.2) is 0 Å². The monoisotopic (exact) mass is 346 g/mol. The highest BCUT2D eigenvalue weighted by Crippen LogP contribution is 2.31. The summed E-state index contributed by atoms with van der Waals surface area (Å²) < 4.78 is 46.5. The van der Waals surface area contributed by atoms with Crippen molar-refractivity contribution in [1.82, 2.24) is 0 Å². The number of azo groups is 1. The summed E-state index contributed by atoms with van der Waals surface area (Å²) in [5.74, 6) is -2.76. The van der Waals surface area contributed by atoms with Crippen LogP contribution in [-0.2, 0) is 25.2 Å². The molecule has 1 aromatic carbocycles. The molecule has 1 aromatic rings. The summed E-state index contributed by atoms with van der Waals surface area (Å²) in [6.45, 7) is 0. The summed E-state index contributed by atoms with van der Waals surface area (Å²) in [7, 11) is 2.06. The second-order valence-electron chi connectivity index (χ2n) is 4.29. The molecular weight excluding hydrogens is 333 g/mol. The van der Waals surface area contributed by atoms with Crippen molar-refractivity contribution in [1.29, 1.82) is 0 Å². The Labute approximate surface area is 134 Å². The lowest BCUT2D eigenvalue weighted by Crippen LogP contribution is -2.09. The van der Waals surface area contributed by atoms with E-state index < -0.39 is 41.6 Å². The summed E-state index contributed by atoms with van der Waals surface area (Å²) >= 11 is 0. The van der Waals surface area contributed by atoms with Crippen LogP contribution in [0.3, 0.4) is 0 Å². The molecule has 10 heteroatoms. The van der Waals surface area contributed by atoms with Crippen molar-refractivity contribution in [2.75, 3.05) is 14.2 Å². The van der Waals surface area contributed by atoms with E-state index >= 15 is 0 Å². The van der Waals surface area contributed by atoms with Gasteiger partial charge in [-0.25, -0.2) is 4.79 Å². The lowest BCUT2D eigenvalue weighted by Gasteiger charge is -2.06. The van der Waals surface area contributed by atoms with E-state index in [1.54, 1.807) is 0 Å². The second-order valence-corrected chi connectivity index (χ2v) is 4.29. The molecule has 0 saturated heterocycles. The molecule has 0 fully saturated rings. The van der Waals surface area contributed by atoms with E-state index in [1.807, 2.05) is 0 Å². The van der Waals surface area contributed by atoms with Crippen LogP contribution in [-0.4, -0.2) is 31.3 Å². The van der Waals surface area contributed by atoms with Crippen LogP contribution in [0.5, 0.6) is 0 Å². The van der Waals surface area contributed by atoms with E-state index in [1.165, 1.54) is 6.07 Å². The number of halogens is 3. The normalized spacial score (nSPS) is 12.7. The Hall–Kier alpha value is -2.91. The van der Waals surface area contributed by atoms with Gasteiger partial charge in [-0.2, -0.15) is 18.3 Å². The Morgan fingerprint density at radius 2 is 1.88 bits per heavy atom. The maximum atomic E-state index is 12.6. The van der Waals surface area contributed by atoms with Crippen LogP contribution in [0.4, 0.5) is 18.9 Å². The largest absolute Gasteiger partial charge is 0.509 e. The fraction of sp³-hybridized carbons (Fsp3) is 0.286. The third-order valence-corrected chi connectivity index (χ3v) is 2.63. The van der Waals surface area contributed by atoms with Crippen molar-refractivity contribution in [3.05, 3.63) is 41.3 Å². The first-order valence-electron chi connectivity index (χ1n) is 6.35. The van der Waals surface area contributed by atoms with Crippen molar-refractivity contribution in [2.24, 2.45) is 10.2 Å². The Morgan fingerprint density at radius 1 is 1.21 bits per heavy atom. The number of rotatable bonds is 5. The SMILES string of the molecule is COC(=O)C/C(O)=C(\N=Nc1cccc(C(F)(F)F)c1)C(=O)OC. The number of alkyl halides is 3. The second kappa shape index (κ2) is 8.09. The van der Waals surface area contributed by atoms with Crippen LogP contribution in [0.25, 0.3) is 0 Å². The molecule has 0 radical (unpaired) electrons. The van der Waals surface area contributed by atoms with Crippen LogP contribution < -0.4 is 0 Å². The van der Waals surface area contributed by atoms with Crippen LogP contribution in [0, 0.1) is 0 Å². The van der Waals surface area contributed by atoms with E-state index in [-0.39, 0.29) is 5.69 Å². The van der Waals surface area contributed by atoms with Crippen molar-refractivity contribution < 1.29 is 37.3 Å². The molecule has 130 valence electrons. The highest BCUT2D eigenvalue weighted by Gasteiger charge is 2.30. The molecule has 0 unspecified atom stereocenters. The summed E-state index contributed by atoms with van der Waals surface area (Å²) in [5.41, 5.74) is -1.89. The molecule has 0 saturated carbocycles. The number of methoxy groups -OCH3 is 2. The summed E-state index contributed by atoms with van der Waals surface area (Å²) in [4.78, 5) is 22.6. The molecule has 0 aromatic heterocycles. The lowest BCUT2D eigenvalue weighted by atomic mass is 10.2. The minimum Gasteiger partial charge on any atom is -0.509 e. The van der Waals surface area contributed by atoms with Crippen molar-refractivity contribution in [3.8, 4) is 0 Å². The molecule has 7 nitrogen and oxygen atoms in total. The first-order valence-corrected chi connectivity index (χ1v) is 6.35. The predicted molar refractivity (Wildman–Crippen MR) is 74.3 cm³/mol. The molecule has 0 atom stereocenters. The third-order valence-electron chi connectivity index (χ3n) is 2.63. The van der Waals surface area contributed by atoms with Gasteiger partial charge in [0, 0.05) is 0 Å². The van der Waals surface area contributed by atoms with Crippen LogP contribution >= 0.6 is 0 Å². The van der Waals surface area contributed by atoms with Gasteiger partial charge >= 0.3 is 18.1 Å². The Morgan fingerprint density at radius 3 is 2.42 bits per heavy atom. The zero-order valence-electron chi connectivity index (χ0n) is 12.6. The van der Waals surface area contributed by atoms with Crippen LogP contribution in [0.2, 0.25) is 0 Å². The van der Waals surface area contributed by atoms with Gasteiger partial charge in [0.1, 0.15) is 12.2 Å². The summed E-state index contributed by atoms with van der Waals surface area (Å²) in [6, 6.07) is 3.86. The molecule has 1 rings (SSSR count). The number of benzene rings is 1. The molecule has 0 aliphatic rings. The summed E-state index contributed by atoms with van der Waals surface area (Å²) in [5, 5.41) is 16.6. The fourth-order valence-electron chi connectivity index (χ4n) is 1.46. The molecule has 0 bridgehead atoms. The molecule has 0 spiro atoms. The topological polar surface area (TPSA) is 97.5 Å². The maximum absolute atomic E-state index is 12.6. The van der Waals surface area contributed by atoms with E-state index in [0.717, 1.165) is 26.4 Å². The van der Waals surface area contributed by atoms with Gasteiger partial charge < -0.3 is 14.6 Å². The van der Waals surface area contributed by atoms with Gasteiger partial charge in [-0.1, -0.05) is 6.07 Å². The average molecular weight is 346 g/mol. The first-order chi connectivity index (χ1) is 11.2.